The number of nitrogens with one attached hydrogen (secondary N) is 1. The number of benzene rings is 1. The van der Waals surface area contributed by atoms with Gasteiger partial charge in [-0.25, -0.2) is 4.98 Å². The van der Waals surface area contributed by atoms with Crippen molar-refractivity contribution in [3.8, 4) is 17.4 Å². The molecule has 0 amide bonds. The Labute approximate surface area is 131 Å². The van der Waals surface area contributed by atoms with E-state index in [0.717, 1.165) is 16.5 Å². The van der Waals surface area contributed by atoms with E-state index >= 15 is 0 Å². The predicted octanol–water partition coefficient (Wildman–Crippen LogP) is 3.70. The fraction of sp³-hybridized carbons (Fsp3) is 0.286. The predicted molar refractivity (Wildman–Crippen MR) is 86.6 cm³/mol. The van der Waals surface area contributed by atoms with Crippen molar-refractivity contribution in [3.05, 3.63) is 34.2 Å². The van der Waals surface area contributed by atoms with Gasteiger partial charge in [-0.2, -0.15) is 4.98 Å². The van der Waals surface area contributed by atoms with E-state index in [0.29, 0.717) is 23.2 Å². The van der Waals surface area contributed by atoms with Crippen LogP contribution in [0.3, 0.4) is 0 Å². The van der Waals surface area contributed by atoms with Crippen LogP contribution in [0.25, 0.3) is 0 Å². The van der Waals surface area contributed by atoms with Crippen LogP contribution in [0.4, 0.5) is 5.82 Å². The van der Waals surface area contributed by atoms with Gasteiger partial charge in [-0.05, 0) is 53.3 Å². The van der Waals surface area contributed by atoms with Gasteiger partial charge in [0.25, 0.3) is 5.88 Å². The van der Waals surface area contributed by atoms with E-state index in [2.05, 4.69) is 44.8 Å². The topological polar surface area (TPSA) is 56.3 Å². The molecule has 0 aliphatic heterocycles. The number of hydrogen-bond donors (Lipinski definition) is 1. The summed E-state index contributed by atoms with van der Waals surface area (Å²) in [6, 6.07) is 7.73. The van der Waals surface area contributed by atoms with Gasteiger partial charge in [0.15, 0.2) is 5.82 Å². The molecule has 6 heteroatoms. The van der Waals surface area contributed by atoms with E-state index in [1.807, 2.05) is 24.3 Å². The second kappa shape index (κ2) is 7.28. The Kier molecular flexibility index (Phi) is 5.40. The summed E-state index contributed by atoms with van der Waals surface area (Å²) in [4.78, 5) is 8.31. The molecular formula is C14H16IN3O2. The zero-order valence-electron chi connectivity index (χ0n) is 11.4. The maximum Gasteiger partial charge on any atom is 0.268 e. The van der Waals surface area contributed by atoms with Crippen LogP contribution in [0.2, 0.25) is 0 Å². The average molecular weight is 385 g/mol. The lowest BCUT2D eigenvalue weighted by Crippen LogP contribution is -2.05. The lowest BCUT2D eigenvalue weighted by Gasteiger charge is -2.13. The Bertz CT molecular complexity index is 561. The minimum absolute atomic E-state index is 0.405. The fourth-order valence-electron chi connectivity index (χ4n) is 1.60. The average Bonchev–Trinajstić information content (AvgIpc) is 2.47. The van der Waals surface area contributed by atoms with Crippen molar-refractivity contribution >= 4 is 28.4 Å². The second-order valence-corrected chi connectivity index (χ2v) is 5.29. The molecule has 1 aromatic carbocycles. The molecule has 20 heavy (non-hydrogen) atoms. The first-order valence-electron chi connectivity index (χ1n) is 6.31. The highest BCUT2D eigenvalue weighted by Gasteiger charge is 2.13. The second-order valence-electron chi connectivity index (χ2n) is 4.04. The first-order chi connectivity index (χ1) is 9.74. The van der Waals surface area contributed by atoms with E-state index in [1.54, 1.807) is 7.11 Å². The van der Waals surface area contributed by atoms with Gasteiger partial charge >= 0.3 is 0 Å². The molecular weight excluding hydrogens is 369 g/mol. The summed E-state index contributed by atoms with van der Waals surface area (Å²) in [5.41, 5.74) is 0. The first-order valence-corrected chi connectivity index (χ1v) is 7.38. The van der Waals surface area contributed by atoms with Crippen LogP contribution in [0.15, 0.2) is 30.6 Å². The largest absolute Gasteiger partial charge is 0.489 e. The van der Waals surface area contributed by atoms with Gasteiger partial charge in [-0.1, -0.05) is 6.92 Å². The zero-order chi connectivity index (χ0) is 14.4. The number of aromatic nitrogens is 2. The smallest absolute Gasteiger partial charge is 0.268 e. The maximum absolute atomic E-state index is 5.76. The number of ether oxygens (including phenoxy) is 2. The van der Waals surface area contributed by atoms with Gasteiger partial charge in [0.1, 0.15) is 12.1 Å². The van der Waals surface area contributed by atoms with Gasteiger partial charge < -0.3 is 14.8 Å². The summed E-state index contributed by atoms with van der Waals surface area (Å²) in [6.45, 7) is 2.90. The molecule has 1 N–H and O–H groups in total. The van der Waals surface area contributed by atoms with E-state index in [4.69, 9.17) is 9.47 Å². The third-order valence-electron chi connectivity index (χ3n) is 2.55. The molecule has 2 aromatic rings. The minimum Gasteiger partial charge on any atom is -0.489 e. The van der Waals surface area contributed by atoms with E-state index in [1.165, 1.54) is 6.33 Å². The van der Waals surface area contributed by atoms with Crippen molar-refractivity contribution in [1.29, 1.82) is 0 Å². The van der Waals surface area contributed by atoms with Crippen molar-refractivity contribution in [3.63, 3.8) is 0 Å². The quantitative estimate of drug-likeness (QED) is 0.769. The Morgan fingerprint density at radius 2 is 1.95 bits per heavy atom. The molecule has 2 rings (SSSR count). The van der Waals surface area contributed by atoms with Crippen molar-refractivity contribution in [2.24, 2.45) is 0 Å². The lowest BCUT2D eigenvalue weighted by molar-refractivity contribution is 0.369. The standard InChI is InChI=1S/C14H16IN3O2/c1-3-8-16-13-12(19-2)14(18-9-17-13)20-11-6-4-10(15)5-7-11/h4-7,9H,3,8H2,1-2H3,(H,16,17,18). The summed E-state index contributed by atoms with van der Waals surface area (Å²) < 4.78 is 12.3. The Morgan fingerprint density at radius 1 is 1.20 bits per heavy atom. The van der Waals surface area contributed by atoms with Crippen LogP contribution in [-0.4, -0.2) is 23.6 Å². The molecule has 0 fully saturated rings. The SMILES string of the molecule is CCCNc1ncnc(Oc2ccc(I)cc2)c1OC. The molecule has 1 heterocycles. The van der Waals surface area contributed by atoms with Gasteiger partial charge in [-0.3, -0.25) is 0 Å². The van der Waals surface area contributed by atoms with Crippen LogP contribution in [-0.2, 0) is 0 Å². The molecule has 0 unspecified atom stereocenters. The number of rotatable bonds is 6. The summed E-state index contributed by atoms with van der Waals surface area (Å²) in [6.07, 6.45) is 2.46. The third kappa shape index (κ3) is 3.72. The first kappa shape index (κ1) is 14.8. The summed E-state index contributed by atoms with van der Waals surface area (Å²) in [5, 5.41) is 3.19. The summed E-state index contributed by atoms with van der Waals surface area (Å²) in [5.74, 6) is 2.27. The van der Waals surface area contributed by atoms with Crippen molar-refractivity contribution < 1.29 is 9.47 Å². The van der Waals surface area contributed by atoms with Crippen molar-refractivity contribution in [2.75, 3.05) is 19.0 Å². The van der Waals surface area contributed by atoms with Crippen LogP contribution < -0.4 is 14.8 Å². The van der Waals surface area contributed by atoms with Crippen molar-refractivity contribution in [2.45, 2.75) is 13.3 Å². The van der Waals surface area contributed by atoms with Gasteiger partial charge in [-0.15, -0.1) is 0 Å². The van der Waals surface area contributed by atoms with Crippen LogP contribution in [0, 0.1) is 3.57 Å². The number of halogens is 1. The van der Waals surface area contributed by atoms with E-state index in [-0.39, 0.29) is 0 Å². The van der Waals surface area contributed by atoms with Gasteiger partial charge in [0.2, 0.25) is 5.75 Å². The fourth-order valence-corrected chi connectivity index (χ4v) is 1.96. The number of anilines is 1. The molecule has 0 saturated carbocycles. The Hall–Kier alpha value is -1.57. The van der Waals surface area contributed by atoms with Gasteiger partial charge in [0.05, 0.1) is 7.11 Å². The Balaban J connectivity index is 2.24. The highest BCUT2D eigenvalue weighted by Crippen LogP contribution is 2.34. The number of nitrogens with zero attached hydrogens (tertiary/aromatic N) is 2. The number of methoxy groups -OCH3 is 1. The van der Waals surface area contributed by atoms with Crippen LogP contribution in [0.5, 0.6) is 17.4 Å². The normalized spacial score (nSPS) is 10.2. The molecule has 0 atom stereocenters. The molecule has 0 aliphatic carbocycles. The molecule has 5 nitrogen and oxygen atoms in total. The van der Waals surface area contributed by atoms with E-state index < -0.39 is 0 Å². The monoisotopic (exact) mass is 385 g/mol. The summed E-state index contributed by atoms with van der Waals surface area (Å²) in [7, 11) is 1.58. The molecule has 0 spiro atoms. The highest BCUT2D eigenvalue weighted by molar-refractivity contribution is 14.1. The van der Waals surface area contributed by atoms with Crippen molar-refractivity contribution in [1.82, 2.24) is 9.97 Å². The highest BCUT2D eigenvalue weighted by atomic mass is 127. The van der Waals surface area contributed by atoms with Crippen LogP contribution >= 0.6 is 22.6 Å². The molecule has 0 saturated heterocycles. The minimum atomic E-state index is 0.405. The Morgan fingerprint density at radius 3 is 2.60 bits per heavy atom. The molecule has 106 valence electrons. The lowest BCUT2D eigenvalue weighted by atomic mass is 10.3. The number of hydrogen-bond acceptors (Lipinski definition) is 5. The van der Waals surface area contributed by atoms with Crippen LogP contribution in [0.1, 0.15) is 13.3 Å². The van der Waals surface area contributed by atoms with E-state index in [9.17, 15) is 0 Å². The molecule has 0 bridgehead atoms. The summed E-state index contributed by atoms with van der Waals surface area (Å²) >= 11 is 2.25. The maximum atomic E-state index is 5.76. The third-order valence-corrected chi connectivity index (χ3v) is 3.27. The zero-order valence-corrected chi connectivity index (χ0v) is 13.5. The van der Waals surface area contributed by atoms with Gasteiger partial charge in [0, 0.05) is 10.1 Å². The molecule has 1 aromatic heterocycles. The molecule has 0 aliphatic rings. The molecule has 0 radical (unpaired) electrons.